The van der Waals surface area contributed by atoms with Gasteiger partial charge in [0.25, 0.3) is 5.78 Å². The molecule has 12 heteroatoms. The van der Waals surface area contributed by atoms with Crippen LogP contribution in [0.25, 0.3) is 11.4 Å². The van der Waals surface area contributed by atoms with Gasteiger partial charge in [-0.2, -0.15) is 0 Å². The lowest BCUT2D eigenvalue weighted by Gasteiger charge is -2.22. The zero-order chi connectivity index (χ0) is 28.8. The number of rotatable bonds is 6. The van der Waals surface area contributed by atoms with Crippen LogP contribution in [0, 0.1) is 13.8 Å². The second-order valence-electron chi connectivity index (χ2n) is 9.44. The average Bonchev–Trinajstić information content (AvgIpc) is 3.63. The Hall–Kier alpha value is -3.70. The van der Waals surface area contributed by atoms with Gasteiger partial charge in [-0.1, -0.05) is 88.3 Å². The second kappa shape index (κ2) is 10.9. The van der Waals surface area contributed by atoms with Crippen molar-refractivity contribution in [1.82, 2.24) is 19.6 Å². The molecule has 2 aromatic carbocycles. The summed E-state index contributed by atoms with van der Waals surface area (Å²) in [4.78, 5) is 32.9. The molecule has 1 aliphatic rings. The van der Waals surface area contributed by atoms with Crippen LogP contribution in [0.5, 0.6) is 0 Å². The number of pyridine rings is 1. The summed E-state index contributed by atoms with van der Waals surface area (Å²) < 4.78 is 2.31. The highest BCUT2D eigenvalue weighted by molar-refractivity contribution is 8.00. The van der Waals surface area contributed by atoms with E-state index in [1.165, 1.54) is 33.6 Å². The van der Waals surface area contributed by atoms with E-state index in [-0.39, 0.29) is 21.5 Å². The van der Waals surface area contributed by atoms with E-state index >= 15 is 0 Å². The van der Waals surface area contributed by atoms with Gasteiger partial charge in [-0.3, -0.25) is 18.9 Å². The van der Waals surface area contributed by atoms with E-state index in [2.05, 4.69) is 27.3 Å². The van der Waals surface area contributed by atoms with Gasteiger partial charge >= 0.3 is 5.91 Å². The Morgan fingerprint density at radius 3 is 2.56 bits per heavy atom. The number of nitrogens with zero attached hydrogens (tertiary/aromatic N) is 5. The van der Waals surface area contributed by atoms with Crippen LogP contribution in [-0.4, -0.2) is 36.4 Å². The Morgan fingerprint density at radius 2 is 1.80 bits per heavy atom. The average molecular weight is 623 g/mol. The Bertz CT molecular complexity index is 1870. The third kappa shape index (κ3) is 5.01. The standard InChI is InChI=1S/C29H21Cl2N5O3S2/c1-15-6-8-17(9-7-15)14-40-29-34-33-28(41-29)36-24(18-10-11-19(30)20(31)13-18)22(26(38)27(36)39)25(37)23-16(2)32-21-5-3-4-12-35(21)23/h3-13,24,37H,14H2,1-2H3/b25-22+. The number of aryl methyl sites for hydroxylation is 2. The smallest absolute Gasteiger partial charge is 0.301 e. The first-order chi connectivity index (χ1) is 19.7. The van der Waals surface area contributed by atoms with Gasteiger partial charge in [0.15, 0.2) is 10.1 Å². The molecule has 8 nitrogen and oxygen atoms in total. The fourth-order valence-electron chi connectivity index (χ4n) is 4.74. The Morgan fingerprint density at radius 1 is 1.02 bits per heavy atom. The number of thioether (sulfide) groups is 1. The molecule has 41 heavy (non-hydrogen) atoms. The number of amides is 1. The van der Waals surface area contributed by atoms with Crippen molar-refractivity contribution in [3.8, 4) is 0 Å². The molecule has 1 N–H and O–H groups in total. The molecule has 1 saturated heterocycles. The van der Waals surface area contributed by atoms with Crippen LogP contribution < -0.4 is 4.90 Å². The number of aliphatic hydroxyl groups excluding tert-OH is 1. The number of ketones is 1. The summed E-state index contributed by atoms with van der Waals surface area (Å²) in [5.41, 5.74) is 4.08. The lowest BCUT2D eigenvalue weighted by Crippen LogP contribution is -2.29. The van der Waals surface area contributed by atoms with Gasteiger partial charge in [0.2, 0.25) is 5.13 Å². The van der Waals surface area contributed by atoms with Crippen LogP contribution in [0.1, 0.15) is 34.1 Å². The number of aromatic nitrogens is 4. The molecule has 1 unspecified atom stereocenters. The summed E-state index contributed by atoms with van der Waals surface area (Å²) in [5.74, 6) is -1.37. The molecule has 0 spiro atoms. The number of fused-ring (bicyclic) bond motifs is 1. The van der Waals surface area contributed by atoms with Gasteiger partial charge in [0.05, 0.1) is 27.4 Å². The number of carbonyl (C=O) groups excluding carboxylic acids is 2. The molecule has 1 fully saturated rings. The minimum absolute atomic E-state index is 0.105. The summed E-state index contributed by atoms with van der Waals surface area (Å²) in [6.45, 7) is 3.76. The highest BCUT2D eigenvalue weighted by Gasteiger charge is 2.49. The number of benzene rings is 2. The molecular weight excluding hydrogens is 601 g/mol. The summed E-state index contributed by atoms with van der Waals surface area (Å²) >= 11 is 15.2. The molecule has 0 radical (unpaired) electrons. The number of imidazole rings is 1. The first-order valence-corrected chi connectivity index (χ1v) is 15.0. The van der Waals surface area contributed by atoms with E-state index in [4.69, 9.17) is 23.2 Å². The Labute approximate surface area is 253 Å². The molecule has 3 aromatic heterocycles. The van der Waals surface area contributed by atoms with Gasteiger partial charge < -0.3 is 5.11 Å². The third-order valence-electron chi connectivity index (χ3n) is 6.72. The zero-order valence-corrected chi connectivity index (χ0v) is 24.9. The maximum absolute atomic E-state index is 13.6. The van der Waals surface area contributed by atoms with Gasteiger partial charge in [0, 0.05) is 11.9 Å². The summed E-state index contributed by atoms with van der Waals surface area (Å²) in [7, 11) is 0. The van der Waals surface area contributed by atoms with E-state index < -0.39 is 17.7 Å². The number of hydrogen-bond acceptors (Lipinski definition) is 8. The van der Waals surface area contributed by atoms with E-state index in [1.54, 1.807) is 47.9 Å². The van der Waals surface area contributed by atoms with Crippen LogP contribution in [0.2, 0.25) is 10.0 Å². The monoisotopic (exact) mass is 621 g/mol. The van der Waals surface area contributed by atoms with E-state index in [0.29, 0.717) is 37.7 Å². The van der Waals surface area contributed by atoms with Crippen molar-refractivity contribution in [3.63, 3.8) is 0 Å². The van der Waals surface area contributed by atoms with Gasteiger partial charge in [-0.05, 0) is 49.2 Å². The lowest BCUT2D eigenvalue weighted by molar-refractivity contribution is -0.132. The van der Waals surface area contributed by atoms with Crippen molar-refractivity contribution in [2.24, 2.45) is 0 Å². The molecule has 206 valence electrons. The van der Waals surface area contributed by atoms with E-state index in [1.807, 2.05) is 25.1 Å². The lowest BCUT2D eigenvalue weighted by atomic mass is 9.96. The molecule has 0 saturated carbocycles. The van der Waals surface area contributed by atoms with E-state index in [9.17, 15) is 14.7 Å². The van der Waals surface area contributed by atoms with Crippen molar-refractivity contribution in [2.45, 2.75) is 30.0 Å². The molecular formula is C29H21Cl2N5O3S2. The number of Topliss-reactive ketones (excluding diaryl/α,β-unsaturated/α-hetero) is 1. The Balaban J connectivity index is 1.45. The molecule has 6 rings (SSSR count). The van der Waals surface area contributed by atoms with Crippen LogP contribution in [-0.2, 0) is 15.3 Å². The highest BCUT2D eigenvalue weighted by Crippen LogP contribution is 2.45. The Kier molecular flexibility index (Phi) is 7.33. The molecule has 0 bridgehead atoms. The number of anilines is 1. The van der Waals surface area contributed by atoms with Crippen molar-refractivity contribution in [3.05, 3.63) is 111 Å². The van der Waals surface area contributed by atoms with Crippen LogP contribution in [0.3, 0.4) is 0 Å². The normalized spacial score (nSPS) is 16.7. The number of carbonyl (C=O) groups is 2. The second-order valence-corrected chi connectivity index (χ2v) is 12.4. The minimum Gasteiger partial charge on any atom is -0.505 e. The topological polar surface area (TPSA) is 101 Å². The molecule has 0 aliphatic carbocycles. The number of hydrogen-bond donors (Lipinski definition) is 1. The van der Waals surface area contributed by atoms with Crippen molar-refractivity contribution in [2.75, 3.05) is 4.90 Å². The number of aliphatic hydroxyl groups is 1. The molecule has 1 amide bonds. The first-order valence-electron chi connectivity index (χ1n) is 12.4. The van der Waals surface area contributed by atoms with Gasteiger partial charge in [-0.25, -0.2) is 4.98 Å². The summed E-state index contributed by atoms with van der Waals surface area (Å²) in [6.07, 6.45) is 1.73. The van der Waals surface area contributed by atoms with Crippen LogP contribution in [0.4, 0.5) is 5.13 Å². The maximum atomic E-state index is 13.6. The number of halogens is 2. The third-order valence-corrected chi connectivity index (χ3v) is 9.58. The fourth-order valence-corrected chi connectivity index (χ4v) is 6.87. The molecule has 4 heterocycles. The quantitative estimate of drug-likeness (QED) is 0.0714. The molecule has 1 atom stereocenters. The summed E-state index contributed by atoms with van der Waals surface area (Å²) in [5, 5.41) is 21.0. The van der Waals surface area contributed by atoms with Crippen molar-refractivity contribution in [1.29, 1.82) is 0 Å². The minimum atomic E-state index is -1.03. The van der Waals surface area contributed by atoms with Crippen LogP contribution in [0.15, 0.2) is 76.8 Å². The fraction of sp³-hybridized carbons (Fsp3) is 0.138. The first kappa shape index (κ1) is 27.5. The van der Waals surface area contributed by atoms with Crippen molar-refractivity contribution < 1.29 is 14.7 Å². The molecule has 1 aliphatic heterocycles. The SMILES string of the molecule is Cc1ccc(CSc2nnc(N3C(=O)C(=O)/C(=C(/O)c4c(C)nc5ccccn45)C3c3ccc(Cl)c(Cl)c3)s2)cc1. The molecule has 5 aromatic rings. The summed E-state index contributed by atoms with van der Waals surface area (Å²) in [6, 6.07) is 17.4. The van der Waals surface area contributed by atoms with Crippen LogP contribution >= 0.6 is 46.3 Å². The van der Waals surface area contributed by atoms with Gasteiger partial charge in [-0.15, -0.1) is 10.2 Å². The van der Waals surface area contributed by atoms with Gasteiger partial charge in [0.1, 0.15) is 11.3 Å². The highest BCUT2D eigenvalue weighted by atomic mass is 35.5. The predicted octanol–water partition coefficient (Wildman–Crippen LogP) is 7.03. The largest absolute Gasteiger partial charge is 0.505 e. The predicted molar refractivity (Wildman–Crippen MR) is 162 cm³/mol. The van der Waals surface area contributed by atoms with Crippen molar-refractivity contribution >= 4 is 74.5 Å². The maximum Gasteiger partial charge on any atom is 0.301 e. The zero-order valence-electron chi connectivity index (χ0n) is 21.7. The van der Waals surface area contributed by atoms with E-state index in [0.717, 1.165) is 5.56 Å².